The Morgan fingerprint density at radius 3 is 2.85 bits per heavy atom. The second-order valence-corrected chi connectivity index (χ2v) is 6.81. The summed E-state index contributed by atoms with van der Waals surface area (Å²) >= 11 is 0. The van der Waals surface area contributed by atoms with Crippen molar-refractivity contribution in [2.75, 3.05) is 31.1 Å². The SMILES string of the molecule is CCCCN(CC)C(=O)C1CCCN(c2ccc(-c3ccco3)nn2)C1. The number of unbranched alkanes of at least 4 members (excludes halogenated alkanes) is 1. The highest BCUT2D eigenvalue weighted by atomic mass is 16.3. The van der Waals surface area contributed by atoms with Crippen molar-refractivity contribution in [3.63, 3.8) is 0 Å². The van der Waals surface area contributed by atoms with E-state index in [-0.39, 0.29) is 11.8 Å². The van der Waals surface area contributed by atoms with Crippen molar-refractivity contribution in [1.82, 2.24) is 15.1 Å². The van der Waals surface area contributed by atoms with Gasteiger partial charge in [0.1, 0.15) is 5.69 Å². The number of carbonyl (C=O) groups is 1. The Hall–Kier alpha value is -2.37. The van der Waals surface area contributed by atoms with Gasteiger partial charge in [0.15, 0.2) is 11.6 Å². The average Bonchev–Trinajstić information content (AvgIpc) is 3.23. The molecule has 0 saturated carbocycles. The summed E-state index contributed by atoms with van der Waals surface area (Å²) in [7, 11) is 0. The maximum Gasteiger partial charge on any atom is 0.227 e. The Bertz CT molecular complexity index is 684. The lowest BCUT2D eigenvalue weighted by molar-refractivity contribution is -0.135. The molecule has 1 saturated heterocycles. The van der Waals surface area contributed by atoms with Crippen molar-refractivity contribution in [2.45, 2.75) is 39.5 Å². The fourth-order valence-corrected chi connectivity index (χ4v) is 3.47. The van der Waals surface area contributed by atoms with Crippen LogP contribution in [0.25, 0.3) is 11.5 Å². The van der Waals surface area contributed by atoms with Crippen LogP contribution in [0.4, 0.5) is 5.82 Å². The lowest BCUT2D eigenvalue weighted by Crippen LogP contribution is -2.45. The molecule has 26 heavy (non-hydrogen) atoms. The minimum Gasteiger partial charge on any atom is -0.463 e. The molecule has 1 atom stereocenters. The van der Waals surface area contributed by atoms with E-state index in [0.717, 1.165) is 63.4 Å². The van der Waals surface area contributed by atoms with Gasteiger partial charge in [-0.15, -0.1) is 10.2 Å². The molecule has 3 rings (SSSR count). The van der Waals surface area contributed by atoms with E-state index < -0.39 is 0 Å². The zero-order valence-electron chi connectivity index (χ0n) is 15.7. The molecule has 1 aliphatic rings. The molecule has 1 fully saturated rings. The molecule has 0 bridgehead atoms. The van der Waals surface area contributed by atoms with Gasteiger partial charge in [-0.1, -0.05) is 13.3 Å². The van der Waals surface area contributed by atoms with Crippen LogP contribution in [0.2, 0.25) is 0 Å². The Kier molecular flexibility index (Phi) is 6.26. The van der Waals surface area contributed by atoms with Crippen LogP contribution in [0.15, 0.2) is 34.9 Å². The van der Waals surface area contributed by atoms with Crippen LogP contribution in [0, 0.1) is 5.92 Å². The van der Waals surface area contributed by atoms with E-state index in [0.29, 0.717) is 5.76 Å². The highest BCUT2D eigenvalue weighted by Gasteiger charge is 2.29. The van der Waals surface area contributed by atoms with Crippen molar-refractivity contribution in [2.24, 2.45) is 5.92 Å². The highest BCUT2D eigenvalue weighted by Crippen LogP contribution is 2.24. The van der Waals surface area contributed by atoms with Gasteiger partial charge in [-0.25, -0.2) is 0 Å². The first-order valence-electron chi connectivity index (χ1n) is 9.64. The van der Waals surface area contributed by atoms with Gasteiger partial charge in [0.25, 0.3) is 0 Å². The van der Waals surface area contributed by atoms with Gasteiger partial charge >= 0.3 is 0 Å². The Morgan fingerprint density at radius 2 is 2.19 bits per heavy atom. The highest BCUT2D eigenvalue weighted by molar-refractivity contribution is 5.79. The van der Waals surface area contributed by atoms with E-state index in [9.17, 15) is 4.79 Å². The summed E-state index contributed by atoms with van der Waals surface area (Å²) in [5.74, 6) is 1.87. The van der Waals surface area contributed by atoms with Gasteiger partial charge < -0.3 is 14.2 Å². The summed E-state index contributed by atoms with van der Waals surface area (Å²) in [6.45, 7) is 7.50. The predicted octanol–water partition coefficient (Wildman–Crippen LogP) is 3.60. The summed E-state index contributed by atoms with van der Waals surface area (Å²) in [4.78, 5) is 17.1. The number of hydrogen-bond acceptors (Lipinski definition) is 5. The normalized spacial score (nSPS) is 17.3. The molecule has 0 N–H and O–H groups in total. The third-order valence-corrected chi connectivity index (χ3v) is 4.99. The quantitative estimate of drug-likeness (QED) is 0.758. The lowest BCUT2D eigenvalue weighted by Gasteiger charge is -2.35. The molecule has 1 unspecified atom stereocenters. The molecule has 0 radical (unpaired) electrons. The number of rotatable bonds is 7. The van der Waals surface area contributed by atoms with Crippen molar-refractivity contribution < 1.29 is 9.21 Å². The molecule has 1 amide bonds. The average molecular weight is 356 g/mol. The van der Waals surface area contributed by atoms with Crippen molar-refractivity contribution >= 4 is 11.7 Å². The molecule has 140 valence electrons. The largest absolute Gasteiger partial charge is 0.463 e. The number of hydrogen-bond donors (Lipinski definition) is 0. The monoisotopic (exact) mass is 356 g/mol. The smallest absolute Gasteiger partial charge is 0.227 e. The van der Waals surface area contributed by atoms with Gasteiger partial charge in [0.05, 0.1) is 12.2 Å². The summed E-state index contributed by atoms with van der Waals surface area (Å²) in [6.07, 6.45) is 5.76. The van der Waals surface area contributed by atoms with Crippen LogP contribution < -0.4 is 4.90 Å². The summed E-state index contributed by atoms with van der Waals surface area (Å²) in [6, 6.07) is 7.59. The molecular weight excluding hydrogens is 328 g/mol. The van der Waals surface area contributed by atoms with Crippen LogP contribution in [0.3, 0.4) is 0 Å². The molecule has 6 heteroatoms. The van der Waals surface area contributed by atoms with Gasteiger partial charge in [-0.2, -0.15) is 0 Å². The van der Waals surface area contributed by atoms with Gasteiger partial charge in [-0.05, 0) is 50.5 Å². The van der Waals surface area contributed by atoms with Crippen LogP contribution in [-0.2, 0) is 4.79 Å². The van der Waals surface area contributed by atoms with E-state index in [1.54, 1.807) is 6.26 Å². The maximum atomic E-state index is 12.9. The summed E-state index contributed by atoms with van der Waals surface area (Å²) < 4.78 is 5.36. The Labute approximate surface area is 155 Å². The molecule has 6 nitrogen and oxygen atoms in total. The summed E-state index contributed by atoms with van der Waals surface area (Å²) in [5, 5.41) is 8.64. The van der Waals surface area contributed by atoms with Gasteiger partial charge in [-0.3, -0.25) is 4.79 Å². The summed E-state index contributed by atoms with van der Waals surface area (Å²) in [5.41, 5.74) is 0.722. The first kappa shape index (κ1) is 18.4. The van der Waals surface area contributed by atoms with Gasteiger partial charge in [0, 0.05) is 26.2 Å². The zero-order chi connectivity index (χ0) is 18.4. The van der Waals surface area contributed by atoms with Crippen molar-refractivity contribution in [3.05, 3.63) is 30.5 Å². The second-order valence-electron chi connectivity index (χ2n) is 6.81. The van der Waals surface area contributed by atoms with Crippen molar-refractivity contribution in [1.29, 1.82) is 0 Å². The first-order valence-corrected chi connectivity index (χ1v) is 9.64. The fourth-order valence-electron chi connectivity index (χ4n) is 3.47. The standard InChI is InChI=1S/C20H28N4O2/c1-3-5-12-23(4-2)20(25)16-8-6-13-24(15-16)19-11-10-17(21-22-19)18-9-7-14-26-18/h7,9-11,14,16H,3-6,8,12-13,15H2,1-2H3. The molecule has 2 aromatic heterocycles. The number of amides is 1. The molecule has 3 heterocycles. The molecule has 0 aromatic carbocycles. The number of anilines is 1. The molecular formula is C20H28N4O2. The number of carbonyl (C=O) groups excluding carboxylic acids is 1. The molecule has 0 aliphatic carbocycles. The van der Waals surface area contributed by atoms with E-state index in [1.807, 2.05) is 29.2 Å². The first-order chi connectivity index (χ1) is 12.7. The second kappa shape index (κ2) is 8.83. The Balaban J connectivity index is 1.65. The van der Waals surface area contributed by atoms with Crippen LogP contribution in [0.1, 0.15) is 39.5 Å². The van der Waals surface area contributed by atoms with Crippen LogP contribution >= 0.6 is 0 Å². The third-order valence-electron chi connectivity index (χ3n) is 4.99. The zero-order valence-corrected chi connectivity index (χ0v) is 15.7. The molecule has 1 aliphatic heterocycles. The van der Waals surface area contributed by atoms with E-state index in [2.05, 4.69) is 28.9 Å². The minimum absolute atomic E-state index is 0.0482. The van der Waals surface area contributed by atoms with Crippen LogP contribution in [-0.4, -0.2) is 47.2 Å². The topological polar surface area (TPSA) is 62.5 Å². The molecule has 0 spiro atoms. The minimum atomic E-state index is 0.0482. The van der Waals surface area contributed by atoms with Gasteiger partial charge in [0.2, 0.25) is 5.91 Å². The molecule has 2 aromatic rings. The predicted molar refractivity (Wildman–Crippen MR) is 102 cm³/mol. The lowest BCUT2D eigenvalue weighted by atomic mass is 9.96. The van der Waals surface area contributed by atoms with E-state index in [4.69, 9.17) is 4.42 Å². The number of aromatic nitrogens is 2. The third kappa shape index (κ3) is 4.23. The van der Waals surface area contributed by atoms with Crippen molar-refractivity contribution in [3.8, 4) is 11.5 Å². The Morgan fingerprint density at radius 1 is 1.31 bits per heavy atom. The van der Waals surface area contributed by atoms with E-state index >= 15 is 0 Å². The number of nitrogens with zero attached hydrogens (tertiary/aromatic N) is 4. The maximum absolute atomic E-state index is 12.9. The van der Waals surface area contributed by atoms with E-state index in [1.165, 1.54) is 0 Å². The van der Waals surface area contributed by atoms with Crippen LogP contribution in [0.5, 0.6) is 0 Å². The number of piperidine rings is 1. The fraction of sp³-hybridized carbons (Fsp3) is 0.550. The number of furan rings is 1.